The Kier molecular flexibility index (Phi) is 7.29. The normalized spacial score (nSPS) is 16.2. The molecule has 7 heteroatoms. The second-order valence-electron chi connectivity index (χ2n) is 7.07. The number of carbonyl (C=O) groups excluding carboxylic acids is 1. The predicted molar refractivity (Wildman–Crippen MR) is 117 cm³/mol. The van der Waals surface area contributed by atoms with Crippen LogP contribution in [0.5, 0.6) is 11.5 Å². The summed E-state index contributed by atoms with van der Waals surface area (Å²) in [6, 6.07) is 14.7. The summed E-state index contributed by atoms with van der Waals surface area (Å²) < 4.78 is 41.4. The lowest BCUT2D eigenvalue weighted by Crippen LogP contribution is -2.19. The molecular formula is C24H23BF2O4. The maximum Gasteiger partial charge on any atom is 0.796 e. The van der Waals surface area contributed by atoms with E-state index in [-0.39, 0.29) is 17.1 Å². The highest BCUT2D eigenvalue weighted by atomic mass is 19.2. The third-order valence-electron chi connectivity index (χ3n) is 5.07. The first-order chi connectivity index (χ1) is 14.9. The second-order valence-corrected chi connectivity index (χ2v) is 7.07. The van der Waals surface area contributed by atoms with Gasteiger partial charge in [-0.3, -0.25) is 4.79 Å². The molecule has 1 unspecified atom stereocenters. The third kappa shape index (κ3) is 5.63. The molecule has 0 aromatic heterocycles. The Morgan fingerprint density at radius 3 is 2.35 bits per heavy atom. The summed E-state index contributed by atoms with van der Waals surface area (Å²) in [4.78, 5) is 12.4. The van der Waals surface area contributed by atoms with Crippen molar-refractivity contribution in [3.63, 3.8) is 0 Å². The van der Waals surface area contributed by atoms with E-state index in [9.17, 15) is 13.4 Å². The second kappa shape index (κ2) is 10.1. The molecule has 1 aliphatic carbocycles. The van der Waals surface area contributed by atoms with Gasteiger partial charge >= 0.3 is 7.47 Å². The van der Waals surface area contributed by atoms with Gasteiger partial charge in [0.25, 0.3) is 0 Å². The Bertz CT molecular complexity index is 1030. The van der Waals surface area contributed by atoms with Crippen molar-refractivity contribution in [2.45, 2.75) is 19.3 Å². The monoisotopic (exact) mass is 424 g/mol. The lowest BCUT2D eigenvalue weighted by Gasteiger charge is -2.26. The molecule has 0 saturated carbocycles. The van der Waals surface area contributed by atoms with E-state index in [1.807, 2.05) is 48.6 Å². The topological polar surface area (TPSA) is 44.8 Å². The zero-order valence-corrected chi connectivity index (χ0v) is 17.6. The minimum atomic E-state index is -3.03. The number of methoxy groups -OCH3 is 2. The molecule has 3 rings (SSSR count). The average Bonchev–Trinajstić information content (AvgIpc) is 2.77. The lowest BCUT2D eigenvalue weighted by molar-refractivity contribution is -0.114. The molecule has 0 radical (unpaired) electrons. The molecule has 2 aromatic carbocycles. The number of hydrogen-bond donors (Lipinski definition) is 0. The van der Waals surface area contributed by atoms with Crippen molar-refractivity contribution >= 4 is 19.3 Å². The fourth-order valence-electron chi connectivity index (χ4n) is 3.61. The van der Waals surface area contributed by atoms with E-state index >= 15 is 0 Å². The number of benzene rings is 2. The highest BCUT2D eigenvalue weighted by molar-refractivity contribution is 6.35. The molecular weight excluding hydrogens is 401 g/mol. The van der Waals surface area contributed by atoms with Crippen LogP contribution in [0, 0.1) is 0 Å². The van der Waals surface area contributed by atoms with Crippen LogP contribution in [0.2, 0.25) is 0 Å². The van der Waals surface area contributed by atoms with Crippen molar-refractivity contribution in [3.8, 4) is 11.5 Å². The SMILES string of the molecule is COc1ccc(C2CC(C=Cc3cccc(OC)c3)=CC(OB(F)F)=C2C(C)=O)cc1. The van der Waals surface area contributed by atoms with Crippen molar-refractivity contribution in [2.75, 3.05) is 14.2 Å². The maximum absolute atomic E-state index is 13.1. The Hall–Kier alpha value is -3.35. The van der Waals surface area contributed by atoms with Crippen molar-refractivity contribution < 1.29 is 27.6 Å². The van der Waals surface area contributed by atoms with Crippen LogP contribution in [0.4, 0.5) is 8.63 Å². The van der Waals surface area contributed by atoms with Gasteiger partial charge in [-0.15, -0.1) is 0 Å². The highest BCUT2D eigenvalue weighted by Gasteiger charge is 2.31. The van der Waals surface area contributed by atoms with Gasteiger partial charge in [0.2, 0.25) is 0 Å². The van der Waals surface area contributed by atoms with Gasteiger partial charge in [-0.1, -0.05) is 36.4 Å². The molecule has 0 saturated heterocycles. The highest BCUT2D eigenvalue weighted by Crippen LogP contribution is 2.39. The van der Waals surface area contributed by atoms with Gasteiger partial charge in [-0.2, -0.15) is 0 Å². The number of hydrogen-bond acceptors (Lipinski definition) is 4. The largest absolute Gasteiger partial charge is 0.796 e. The first kappa shape index (κ1) is 22.3. The zero-order chi connectivity index (χ0) is 22.4. The summed E-state index contributed by atoms with van der Waals surface area (Å²) in [5.41, 5.74) is 2.73. The Labute approximate surface area is 181 Å². The van der Waals surface area contributed by atoms with Gasteiger partial charge in [0.15, 0.2) is 5.78 Å². The van der Waals surface area contributed by atoms with Crippen LogP contribution < -0.4 is 9.47 Å². The summed E-state index contributed by atoms with van der Waals surface area (Å²) >= 11 is 0. The molecule has 1 atom stereocenters. The standard InChI is InChI=1S/C24H23BF2O4/c1-16(28)24-22(19-9-11-20(29-2)12-10-19)14-18(15-23(24)31-25(26)27)8-7-17-5-4-6-21(13-17)30-3/h4-13,15,22H,14H2,1-3H3. The van der Waals surface area contributed by atoms with E-state index < -0.39 is 13.4 Å². The van der Waals surface area contributed by atoms with Crippen molar-refractivity contribution in [2.24, 2.45) is 0 Å². The summed E-state index contributed by atoms with van der Waals surface area (Å²) in [5, 5.41) is 0. The van der Waals surface area contributed by atoms with Gasteiger partial charge < -0.3 is 14.1 Å². The zero-order valence-electron chi connectivity index (χ0n) is 17.6. The molecule has 0 aliphatic heterocycles. The molecule has 0 heterocycles. The van der Waals surface area contributed by atoms with Crippen molar-refractivity contribution in [1.82, 2.24) is 0 Å². The number of ether oxygens (including phenoxy) is 2. The smallest absolute Gasteiger partial charge is 0.505 e. The van der Waals surface area contributed by atoms with E-state index in [0.717, 1.165) is 22.4 Å². The Morgan fingerprint density at radius 2 is 1.74 bits per heavy atom. The van der Waals surface area contributed by atoms with E-state index in [1.54, 1.807) is 26.4 Å². The van der Waals surface area contributed by atoms with Gasteiger partial charge in [0, 0.05) is 11.5 Å². The van der Waals surface area contributed by atoms with Crippen LogP contribution in [0.25, 0.3) is 6.08 Å². The molecule has 0 fully saturated rings. The molecule has 0 amide bonds. The molecule has 0 N–H and O–H groups in total. The molecule has 31 heavy (non-hydrogen) atoms. The minimum Gasteiger partial charge on any atom is -0.505 e. The number of ketones is 1. The summed E-state index contributed by atoms with van der Waals surface area (Å²) in [7, 11) is 0.127. The lowest BCUT2D eigenvalue weighted by atomic mass is 9.79. The molecule has 0 spiro atoms. The Morgan fingerprint density at radius 1 is 1.03 bits per heavy atom. The molecule has 0 bridgehead atoms. The maximum atomic E-state index is 13.1. The molecule has 2 aromatic rings. The van der Waals surface area contributed by atoms with Gasteiger partial charge in [-0.25, -0.2) is 8.63 Å². The van der Waals surface area contributed by atoms with Crippen LogP contribution in [-0.4, -0.2) is 27.5 Å². The summed E-state index contributed by atoms with van der Waals surface area (Å²) in [5.74, 6) is 0.581. The number of allylic oxidation sites excluding steroid dienone is 4. The van der Waals surface area contributed by atoms with E-state index in [0.29, 0.717) is 12.2 Å². The van der Waals surface area contributed by atoms with Crippen molar-refractivity contribution in [3.05, 3.63) is 88.7 Å². The van der Waals surface area contributed by atoms with Gasteiger partial charge in [-0.05, 0) is 60.4 Å². The van der Waals surface area contributed by atoms with Crippen LogP contribution in [0.1, 0.15) is 30.4 Å². The Balaban J connectivity index is 2.01. The molecule has 1 aliphatic rings. The van der Waals surface area contributed by atoms with Crippen LogP contribution >= 0.6 is 0 Å². The first-order valence-electron chi connectivity index (χ1n) is 9.78. The van der Waals surface area contributed by atoms with E-state index in [1.165, 1.54) is 13.0 Å². The average molecular weight is 424 g/mol. The van der Waals surface area contributed by atoms with Crippen LogP contribution in [0.3, 0.4) is 0 Å². The van der Waals surface area contributed by atoms with E-state index in [2.05, 4.69) is 0 Å². The van der Waals surface area contributed by atoms with Gasteiger partial charge in [0.05, 0.1) is 14.2 Å². The number of Topliss-reactive ketones (excluding diaryl/α,β-unsaturated/α-hetero) is 1. The van der Waals surface area contributed by atoms with Crippen LogP contribution in [0.15, 0.2) is 77.6 Å². The fraction of sp³-hybridized carbons (Fsp3) is 0.208. The summed E-state index contributed by atoms with van der Waals surface area (Å²) in [6.45, 7) is 1.37. The summed E-state index contributed by atoms with van der Waals surface area (Å²) in [6.07, 6.45) is 5.70. The van der Waals surface area contributed by atoms with Crippen LogP contribution in [-0.2, 0) is 9.45 Å². The number of carbonyl (C=O) groups is 1. The number of rotatable bonds is 8. The van der Waals surface area contributed by atoms with Crippen molar-refractivity contribution in [1.29, 1.82) is 0 Å². The van der Waals surface area contributed by atoms with Gasteiger partial charge in [0.1, 0.15) is 17.3 Å². The molecule has 160 valence electrons. The minimum absolute atomic E-state index is 0.0974. The number of halogens is 2. The quantitative estimate of drug-likeness (QED) is 0.517. The predicted octanol–water partition coefficient (Wildman–Crippen LogP) is 5.61. The molecule has 4 nitrogen and oxygen atoms in total. The fourth-order valence-corrected chi connectivity index (χ4v) is 3.61. The first-order valence-corrected chi connectivity index (χ1v) is 9.78. The van der Waals surface area contributed by atoms with E-state index in [4.69, 9.17) is 14.1 Å². The third-order valence-corrected chi connectivity index (χ3v) is 5.07.